The van der Waals surface area contributed by atoms with E-state index in [-0.39, 0.29) is 5.54 Å². The van der Waals surface area contributed by atoms with Crippen molar-refractivity contribution in [3.8, 4) is 0 Å². The molecular weight excluding hydrogens is 172 g/mol. The van der Waals surface area contributed by atoms with Gasteiger partial charge >= 0.3 is 0 Å². The van der Waals surface area contributed by atoms with Crippen LogP contribution in [0.15, 0.2) is 18.3 Å². The second kappa shape index (κ2) is 2.72. The Morgan fingerprint density at radius 2 is 2.43 bits per heavy atom. The van der Waals surface area contributed by atoms with Crippen molar-refractivity contribution < 1.29 is 0 Å². The molecule has 2 heterocycles. The van der Waals surface area contributed by atoms with Crippen LogP contribution in [0.5, 0.6) is 0 Å². The van der Waals surface area contributed by atoms with Gasteiger partial charge in [-0.15, -0.1) is 0 Å². The molecule has 2 atom stereocenters. The van der Waals surface area contributed by atoms with E-state index >= 15 is 0 Å². The van der Waals surface area contributed by atoms with E-state index < -0.39 is 0 Å². The molecule has 3 rings (SSSR count). The second-order valence-corrected chi connectivity index (χ2v) is 4.78. The summed E-state index contributed by atoms with van der Waals surface area (Å²) >= 11 is 0. The smallest absolute Gasteiger partial charge is 0.129 e. The van der Waals surface area contributed by atoms with Gasteiger partial charge in [-0.1, -0.05) is 18.9 Å². The third-order valence-electron chi connectivity index (χ3n) is 3.83. The Morgan fingerprint density at radius 1 is 1.50 bits per heavy atom. The fraction of sp³-hybridized carbons (Fsp3) is 0.583. The van der Waals surface area contributed by atoms with E-state index in [1.807, 2.05) is 6.20 Å². The lowest BCUT2D eigenvalue weighted by atomic mass is 9.74. The maximum atomic E-state index is 4.42. The highest BCUT2D eigenvalue weighted by Crippen LogP contribution is 2.49. The van der Waals surface area contributed by atoms with Crippen molar-refractivity contribution in [3.63, 3.8) is 0 Å². The van der Waals surface area contributed by atoms with Crippen molar-refractivity contribution >= 4 is 5.82 Å². The molecule has 1 N–H and O–H groups in total. The molecule has 0 saturated heterocycles. The molecule has 0 aromatic carbocycles. The third-order valence-corrected chi connectivity index (χ3v) is 3.83. The SMILES string of the molecule is CC12CCCCC1c1cccnc1N2. The van der Waals surface area contributed by atoms with E-state index in [9.17, 15) is 0 Å². The number of nitrogens with zero attached hydrogens (tertiary/aromatic N) is 1. The van der Waals surface area contributed by atoms with E-state index in [1.54, 1.807) is 0 Å². The fourth-order valence-electron chi connectivity index (χ4n) is 3.06. The lowest BCUT2D eigenvalue weighted by Gasteiger charge is -2.36. The number of aromatic nitrogens is 1. The minimum atomic E-state index is 0.287. The van der Waals surface area contributed by atoms with Crippen LogP contribution in [0.1, 0.15) is 44.1 Å². The molecule has 0 amide bonds. The van der Waals surface area contributed by atoms with Crippen LogP contribution in [0.2, 0.25) is 0 Å². The second-order valence-electron chi connectivity index (χ2n) is 4.78. The molecule has 2 nitrogen and oxygen atoms in total. The van der Waals surface area contributed by atoms with Gasteiger partial charge in [0.2, 0.25) is 0 Å². The average molecular weight is 188 g/mol. The minimum absolute atomic E-state index is 0.287. The van der Waals surface area contributed by atoms with Crippen molar-refractivity contribution in [1.29, 1.82) is 0 Å². The van der Waals surface area contributed by atoms with Gasteiger partial charge in [0, 0.05) is 17.7 Å². The molecule has 1 aliphatic heterocycles. The van der Waals surface area contributed by atoms with E-state index in [0.29, 0.717) is 5.92 Å². The first-order valence-corrected chi connectivity index (χ1v) is 5.53. The predicted molar refractivity (Wildman–Crippen MR) is 57.5 cm³/mol. The number of hydrogen-bond donors (Lipinski definition) is 1. The summed E-state index contributed by atoms with van der Waals surface area (Å²) in [5.41, 5.74) is 1.73. The minimum Gasteiger partial charge on any atom is -0.364 e. The summed E-state index contributed by atoms with van der Waals surface area (Å²) < 4.78 is 0. The normalized spacial score (nSPS) is 34.5. The maximum absolute atomic E-state index is 4.42. The molecule has 1 fully saturated rings. The molecule has 0 radical (unpaired) electrons. The first-order chi connectivity index (χ1) is 6.80. The van der Waals surface area contributed by atoms with Gasteiger partial charge < -0.3 is 5.32 Å². The highest BCUT2D eigenvalue weighted by Gasteiger charge is 2.43. The summed E-state index contributed by atoms with van der Waals surface area (Å²) in [7, 11) is 0. The molecule has 1 aliphatic carbocycles. The number of hydrogen-bond acceptors (Lipinski definition) is 2. The van der Waals surface area contributed by atoms with Gasteiger partial charge in [-0.25, -0.2) is 4.98 Å². The van der Waals surface area contributed by atoms with Crippen LogP contribution in [0.25, 0.3) is 0 Å². The quantitative estimate of drug-likeness (QED) is 0.677. The largest absolute Gasteiger partial charge is 0.364 e. The number of pyridine rings is 1. The standard InChI is InChI=1S/C12H16N2/c1-12-7-3-2-6-10(12)9-5-4-8-13-11(9)14-12/h4-5,8,10H,2-3,6-7H2,1H3,(H,13,14). The Kier molecular flexibility index (Phi) is 1.61. The lowest BCUT2D eigenvalue weighted by Crippen LogP contribution is -2.38. The van der Waals surface area contributed by atoms with Crippen LogP contribution >= 0.6 is 0 Å². The molecule has 1 saturated carbocycles. The fourth-order valence-corrected chi connectivity index (χ4v) is 3.06. The zero-order chi connectivity index (χ0) is 9.60. The van der Waals surface area contributed by atoms with Crippen LogP contribution in [-0.2, 0) is 0 Å². The lowest BCUT2D eigenvalue weighted by molar-refractivity contribution is 0.315. The van der Waals surface area contributed by atoms with E-state index in [4.69, 9.17) is 0 Å². The molecule has 14 heavy (non-hydrogen) atoms. The monoisotopic (exact) mass is 188 g/mol. The van der Waals surface area contributed by atoms with E-state index in [0.717, 1.165) is 5.82 Å². The van der Waals surface area contributed by atoms with Gasteiger partial charge in [0.05, 0.1) is 0 Å². The van der Waals surface area contributed by atoms with Gasteiger partial charge in [0.15, 0.2) is 0 Å². The number of fused-ring (bicyclic) bond motifs is 3. The van der Waals surface area contributed by atoms with Crippen molar-refractivity contribution in [1.82, 2.24) is 4.98 Å². The Labute approximate surface area is 84.7 Å². The van der Waals surface area contributed by atoms with Crippen molar-refractivity contribution in [2.45, 2.75) is 44.1 Å². The van der Waals surface area contributed by atoms with Gasteiger partial charge in [-0.3, -0.25) is 0 Å². The predicted octanol–water partition coefficient (Wildman–Crippen LogP) is 2.92. The van der Waals surface area contributed by atoms with Crippen LogP contribution in [0, 0.1) is 0 Å². The average Bonchev–Trinajstić information content (AvgIpc) is 2.49. The third kappa shape index (κ3) is 0.999. The first-order valence-electron chi connectivity index (χ1n) is 5.53. The van der Waals surface area contributed by atoms with Gasteiger partial charge in [0.1, 0.15) is 5.82 Å². The molecular formula is C12H16N2. The number of nitrogens with one attached hydrogen (secondary N) is 1. The van der Waals surface area contributed by atoms with Crippen molar-refractivity contribution in [2.24, 2.45) is 0 Å². The summed E-state index contributed by atoms with van der Waals surface area (Å²) in [6, 6.07) is 4.29. The van der Waals surface area contributed by atoms with E-state index in [1.165, 1.54) is 31.2 Å². The van der Waals surface area contributed by atoms with Crippen LogP contribution < -0.4 is 5.32 Å². The summed E-state index contributed by atoms with van der Waals surface area (Å²) in [6.07, 6.45) is 7.22. The van der Waals surface area contributed by atoms with Crippen LogP contribution in [-0.4, -0.2) is 10.5 Å². The van der Waals surface area contributed by atoms with E-state index in [2.05, 4.69) is 29.4 Å². The molecule has 2 heteroatoms. The highest BCUT2D eigenvalue weighted by molar-refractivity contribution is 5.56. The summed E-state index contributed by atoms with van der Waals surface area (Å²) in [6.45, 7) is 2.35. The Morgan fingerprint density at radius 3 is 3.36 bits per heavy atom. The van der Waals surface area contributed by atoms with Crippen LogP contribution in [0.3, 0.4) is 0 Å². The summed E-state index contributed by atoms with van der Waals surface area (Å²) in [5, 5.41) is 3.60. The summed E-state index contributed by atoms with van der Waals surface area (Å²) in [5.74, 6) is 1.82. The molecule has 0 bridgehead atoms. The summed E-state index contributed by atoms with van der Waals surface area (Å²) in [4.78, 5) is 4.42. The van der Waals surface area contributed by atoms with Crippen molar-refractivity contribution in [3.05, 3.63) is 23.9 Å². The van der Waals surface area contributed by atoms with Gasteiger partial charge in [-0.05, 0) is 31.4 Å². The molecule has 2 unspecified atom stereocenters. The molecule has 1 aromatic rings. The Hall–Kier alpha value is -1.05. The van der Waals surface area contributed by atoms with Gasteiger partial charge in [-0.2, -0.15) is 0 Å². The zero-order valence-electron chi connectivity index (χ0n) is 8.59. The Balaban J connectivity index is 2.07. The first kappa shape index (κ1) is 8.27. The molecule has 1 aromatic heterocycles. The number of rotatable bonds is 0. The highest BCUT2D eigenvalue weighted by atomic mass is 15.1. The Bertz CT molecular complexity index is 361. The number of anilines is 1. The maximum Gasteiger partial charge on any atom is 0.129 e. The molecule has 0 spiro atoms. The van der Waals surface area contributed by atoms with Crippen molar-refractivity contribution in [2.75, 3.05) is 5.32 Å². The molecule has 2 aliphatic rings. The topological polar surface area (TPSA) is 24.9 Å². The van der Waals surface area contributed by atoms with Gasteiger partial charge in [0.25, 0.3) is 0 Å². The molecule has 74 valence electrons. The zero-order valence-corrected chi connectivity index (χ0v) is 8.59. The van der Waals surface area contributed by atoms with Crippen LogP contribution in [0.4, 0.5) is 5.82 Å².